The van der Waals surface area contributed by atoms with Gasteiger partial charge in [0.1, 0.15) is 23.2 Å². The van der Waals surface area contributed by atoms with E-state index >= 15 is 0 Å². The molecule has 0 radical (unpaired) electrons. The molecule has 0 saturated carbocycles. The van der Waals surface area contributed by atoms with Gasteiger partial charge in [0.25, 0.3) is 5.56 Å². The maximum atomic E-state index is 12.1. The Morgan fingerprint density at radius 2 is 2.08 bits per heavy atom. The maximum Gasteiger partial charge on any atom is 0.268 e. The van der Waals surface area contributed by atoms with Gasteiger partial charge in [0.15, 0.2) is 0 Å². The van der Waals surface area contributed by atoms with Gasteiger partial charge < -0.3 is 4.98 Å². The van der Waals surface area contributed by atoms with E-state index in [9.17, 15) is 4.79 Å². The van der Waals surface area contributed by atoms with Crippen molar-refractivity contribution in [2.24, 2.45) is 0 Å². The highest BCUT2D eigenvalue weighted by molar-refractivity contribution is 7.17. The normalized spacial score (nSPS) is 12.7. The predicted molar refractivity (Wildman–Crippen MR) is 101 cm³/mol. The summed E-state index contributed by atoms with van der Waals surface area (Å²) >= 11 is 1.41. The molecule has 0 bridgehead atoms. The van der Waals surface area contributed by atoms with Crippen LogP contribution >= 0.6 is 11.3 Å². The van der Waals surface area contributed by atoms with Crippen LogP contribution in [0.25, 0.3) is 15.9 Å². The van der Waals surface area contributed by atoms with Gasteiger partial charge in [-0.2, -0.15) is 5.10 Å². The predicted octanol–water partition coefficient (Wildman–Crippen LogP) is 2.76. The van der Waals surface area contributed by atoms with Gasteiger partial charge in [0, 0.05) is 6.04 Å². The highest BCUT2D eigenvalue weighted by Crippen LogP contribution is 2.22. The Kier molecular flexibility index (Phi) is 4.36. The summed E-state index contributed by atoms with van der Waals surface area (Å²) in [6.45, 7) is 2.69. The van der Waals surface area contributed by atoms with E-state index in [1.54, 1.807) is 11.0 Å². The van der Waals surface area contributed by atoms with E-state index < -0.39 is 0 Å². The largest absolute Gasteiger partial charge is 0.308 e. The molecule has 3 aromatic heterocycles. The maximum absolute atomic E-state index is 12.1. The molecule has 0 fully saturated rings. The minimum absolute atomic E-state index is 0.0711. The Hall–Kier alpha value is -2.84. The number of rotatable bonds is 5. The summed E-state index contributed by atoms with van der Waals surface area (Å²) in [6.07, 6.45) is 3.19. The van der Waals surface area contributed by atoms with Crippen LogP contribution < -0.4 is 5.56 Å². The molecule has 7 nitrogen and oxygen atoms in total. The molecule has 3 heterocycles. The van der Waals surface area contributed by atoms with E-state index in [1.807, 2.05) is 30.6 Å². The summed E-state index contributed by atoms with van der Waals surface area (Å²) in [5.74, 6) is 0.675. The highest BCUT2D eigenvalue weighted by Gasteiger charge is 2.14. The first kappa shape index (κ1) is 16.6. The van der Waals surface area contributed by atoms with Crippen molar-refractivity contribution < 1.29 is 0 Å². The molecule has 0 spiro atoms. The first-order chi connectivity index (χ1) is 12.6. The first-order valence-electron chi connectivity index (χ1n) is 8.23. The molecule has 1 N–H and O–H groups in total. The second kappa shape index (κ2) is 6.81. The molecule has 4 aromatic rings. The van der Waals surface area contributed by atoms with Crippen LogP contribution in [-0.4, -0.2) is 36.7 Å². The molecule has 1 atom stereocenters. The van der Waals surface area contributed by atoms with Crippen molar-refractivity contribution in [1.29, 1.82) is 0 Å². The summed E-state index contributed by atoms with van der Waals surface area (Å²) in [5.41, 5.74) is 2.83. The lowest BCUT2D eigenvalue weighted by Crippen LogP contribution is -2.24. The van der Waals surface area contributed by atoms with Crippen LogP contribution in [0.4, 0.5) is 0 Å². The number of nitrogens with zero attached hydrogens (tertiary/aromatic N) is 5. The van der Waals surface area contributed by atoms with Crippen molar-refractivity contribution in [1.82, 2.24) is 29.6 Å². The summed E-state index contributed by atoms with van der Waals surface area (Å²) < 4.78 is 2.40. The Labute approximate surface area is 154 Å². The molecule has 1 aromatic carbocycles. The van der Waals surface area contributed by atoms with E-state index in [0.29, 0.717) is 17.1 Å². The summed E-state index contributed by atoms with van der Waals surface area (Å²) in [6, 6.07) is 10.2. The molecule has 4 rings (SSSR count). The lowest BCUT2D eigenvalue weighted by atomic mass is 10.1. The number of H-pyrrole nitrogens is 1. The van der Waals surface area contributed by atoms with E-state index in [4.69, 9.17) is 0 Å². The zero-order valence-electron chi connectivity index (χ0n) is 14.5. The van der Waals surface area contributed by atoms with Gasteiger partial charge in [-0.3, -0.25) is 9.69 Å². The second-order valence-electron chi connectivity index (χ2n) is 6.17. The fourth-order valence-corrected chi connectivity index (χ4v) is 3.60. The number of nitrogens with one attached hydrogen (secondary N) is 1. The van der Waals surface area contributed by atoms with Crippen LogP contribution in [0.5, 0.6) is 0 Å². The van der Waals surface area contributed by atoms with Gasteiger partial charge in [-0.25, -0.2) is 14.6 Å². The third-order valence-electron chi connectivity index (χ3n) is 4.48. The summed E-state index contributed by atoms with van der Waals surface area (Å²) in [5, 5.41) is 6.02. The van der Waals surface area contributed by atoms with E-state index in [-0.39, 0.29) is 11.6 Å². The van der Waals surface area contributed by atoms with Crippen LogP contribution in [0.2, 0.25) is 0 Å². The molecule has 0 amide bonds. The van der Waals surface area contributed by atoms with Crippen LogP contribution in [0, 0.1) is 0 Å². The molecule has 8 heteroatoms. The number of hydrogen-bond acceptors (Lipinski definition) is 6. The zero-order chi connectivity index (χ0) is 18.1. The number of aromatic amines is 1. The first-order valence-corrected chi connectivity index (χ1v) is 9.11. The van der Waals surface area contributed by atoms with Gasteiger partial charge in [0.05, 0.1) is 17.7 Å². The van der Waals surface area contributed by atoms with Crippen molar-refractivity contribution in [2.45, 2.75) is 19.5 Å². The molecule has 0 aliphatic rings. The van der Waals surface area contributed by atoms with Crippen molar-refractivity contribution in [3.63, 3.8) is 0 Å². The SMILES string of the molecule is C[C@H](c1ccc(-n2cncn2)cc1)N(C)Cc1nc2ccsc2c(=O)[nH]1. The molecule has 0 saturated heterocycles. The van der Waals surface area contributed by atoms with Crippen LogP contribution in [0.15, 0.2) is 53.2 Å². The van der Waals surface area contributed by atoms with E-state index in [1.165, 1.54) is 23.2 Å². The number of fused-ring (bicyclic) bond motifs is 1. The topological polar surface area (TPSA) is 79.7 Å². The summed E-state index contributed by atoms with van der Waals surface area (Å²) in [7, 11) is 2.02. The Morgan fingerprint density at radius 3 is 2.81 bits per heavy atom. The zero-order valence-corrected chi connectivity index (χ0v) is 15.3. The average Bonchev–Trinajstić information content (AvgIpc) is 3.33. The number of hydrogen-bond donors (Lipinski definition) is 1. The second-order valence-corrected chi connectivity index (χ2v) is 7.09. The van der Waals surface area contributed by atoms with Gasteiger partial charge in [-0.1, -0.05) is 12.1 Å². The number of benzene rings is 1. The minimum Gasteiger partial charge on any atom is -0.308 e. The van der Waals surface area contributed by atoms with Gasteiger partial charge >= 0.3 is 0 Å². The molecular formula is C18H18N6OS. The number of aromatic nitrogens is 5. The van der Waals surface area contributed by atoms with Crippen molar-refractivity contribution in [3.8, 4) is 5.69 Å². The molecule has 132 valence electrons. The minimum atomic E-state index is -0.0711. The fourth-order valence-electron chi connectivity index (χ4n) is 2.87. The van der Waals surface area contributed by atoms with Crippen molar-refractivity contribution >= 4 is 21.6 Å². The van der Waals surface area contributed by atoms with Gasteiger partial charge in [-0.05, 0) is 43.1 Å². The molecule has 0 aliphatic heterocycles. The van der Waals surface area contributed by atoms with Crippen LogP contribution in [0.3, 0.4) is 0 Å². The van der Waals surface area contributed by atoms with Crippen molar-refractivity contribution in [3.05, 3.63) is 70.1 Å². The Morgan fingerprint density at radius 1 is 1.27 bits per heavy atom. The smallest absolute Gasteiger partial charge is 0.268 e. The Balaban J connectivity index is 1.51. The van der Waals surface area contributed by atoms with Gasteiger partial charge in [-0.15, -0.1) is 11.3 Å². The molecule has 0 unspecified atom stereocenters. The quantitative estimate of drug-likeness (QED) is 0.587. The lowest BCUT2D eigenvalue weighted by Gasteiger charge is -2.24. The molecule has 26 heavy (non-hydrogen) atoms. The lowest BCUT2D eigenvalue weighted by molar-refractivity contribution is 0.247. The standard InChI is InChI=1S/C18H18N6OS/c1-12(13-3-5-14(6-4-13)24-11-19-10-20-24)23(2)9-16-21-15-7-8-26-17(15)18(25)22-16/h3-8,10-12H,9H2,1-2H3,(H,21,22,25)/t12-/m1/s1. The van der Waals surface area contributed by atoms with Crippen LogP contribution in [-0.2, 0) is 6.54 Å². The monoisotopic (exact) mass is 366 g/mol. The highest BCUT2D eigenvalue weighted by atomic mass is 32.1. The van der Waals surface area contributed by atoms with E-state index in [0.717, 1.165) is 11.2 Å². The third-order valence-corrected chi connectivity index (χ3v) is 5.39. The van der Waals surface area contributed by atoms with Crippen molar-refractivity contribution in [2.75, 3.05) is 7.05 Å². The summed E-state index contributed by atoms with van der Waals surface area (Å²) in [4.78, 5) is 25.7. The molecular weight excluding hydrogens is 348 g/mol. The Bertz CT molecular complexity index is 1070. The van der Waals surface area contributed by atoms with E-state index in [2.05, 4.69) is 44.0 Å². The third kappa shape index (κ3) is 3.16. The van der Waals surface area contributed by atoms with Gasteiger partial charge in [0.2, 0.25) is 0 Å². The van der Waals surface area contributed by atoms with Crippen LogP contribution in [0.1, 0.15) is 24.4 Å². The average molecular weight is 366 g/mol. The molecule has 0 aliphatic carbocycles. The number of thiophene rings is 1. The fraction of sp³-hybridized carbons (Fsp3) is 0.222.